The van der Waals surface area contributed by atoms with Gasteiger partial charge in [0.05, 0.1) is 5.56 Å². The Morgan fingerprint density at radius 3 is 2.20 bits per heavy atom. The molecule has 0 amide bonds. The van der Waals surface area contributed by atoms with Crippen molar-refractivity contribution in [3.63, 3.8) is 0 Å². The van der Waals surface area contributed by atoms with E-state index in [1.807, 2.05) is 34.6 Å². The molecular formula is C15H22F3NS. The number of rotatable bonds is 4. The van der Waals surface area contributed by atoms with Gasteiger partial charge in [0.25, 0.3) is 0 Å². The van der Waals surface area contributed by atoms with Crippen molar-refractivity contribution in [3.05, 3.63) is 29.3 Å². The minimum absolute atomic E-state index is 0.213. The number of thioether (sulfide) groups is 1. The van der Waals surface area contributed by atoms with Crippen LogP contribution in [0.15, 0.2) is 23.1 Å². The molecule has 1 rings (SSSR count). The Morgan fingerprint density at radius 1 is 1.15 bits per heavy atom. The van der Waals surface area contributed by atoms with Crippen LogP contribution in [-0.2, 0) is 12.7 Å². The van der Waals surface area contributed by atoms with E-state index < -0.39 is 11.7 Å². The van der Waals surface area contributed by atoms with Crippen LogP contribution in [-0.4, -0.2) is 10.8 Å². The summed E-state index contributed by atoms with van der Waals surface area (Å²) in [6, 6.07) is 4.59. The van der Waals surface area contributed by atoms with Crippen LogP contribution in [0.2, 0.25) is 0 Å². The Kier molecular flexibility index (Phi) is 5.55. The van der Waals surface area contributed by atoms with Crippen molar-refractivity contribution in [3.8, 4) is 0 Å². The SMILES string of the molecule is CC(C)Sc1ccc(CNC(C)(C)C)c(C(F)(F)F)c1. The molecule has 1 aromatic rings. The van der Waals surface area contributed by atoms with Gasteiger partial charge in [-0.25, -0.2) is 0 Å². The van der Waals surface area contributed by atoms with Crippen LogP contribution in [0.25, 0.3) is 0 Å². The Morgan fingerprint density at radius 2 is 1.75 bits per heavy atom. The number of hydrogen-bond acceptors (Lipinski definition) is 2. The molecule has 0 aromatic heterocycles. The van der Waals surface area contributed by atoms with Gasteiger partial charge in [-0.05, 0) is 38.5 Å². The van der Waals surface area contributed by atoms with Crippen molar-refractivity contribution >= 4 is 11.8 Å². The summed E-state index contributed by atoms with van der Waals surface area (Å²) < 4.78 is 39.4. The first kappa shape index (κ1) is 17.4. The molecule has 0 aliphatic carbocycles. The van der Waals surface area contributed by atoms with Crippen molar-refractivity contribution < 1.29 is 13.2 Å². The van der Waals surface area contributed by atoms with Crippen LogP contribution in [0.1, 0.15) is 45.7 Å². The molecule has 0 atom stereocenters. The van der Waals surface area contributed by atoms with E-state index in [1.54, 1.807) is 12.1 Å². The number of alkyl halides is 3. The number of benzene rings is 1. The zero-order valence-electron chi connectivity index (χ0n) is 12.6. The fourth-order valence-electron chi connectivity index (χ4n) is 1.68. The largest absolute Gasteiger partial charge is 0.416 e. The molecule has 0 heterocycles. The molecule has 0 bridgehead atoms. The minimum atomic E-state index is -4.32. The molecule has 1 N–H and O–H groups in total. The van der Waals surface area contributed by atoms with Gasteiger partial charge in [-0.3, -0.25) is 0 Å². The highest BCUT2D eigenvalue weighted by atomic mass is 32.2. The molecule has 5 heteroatoms. The first-order valence-corrected chi connectivity index (χ1v) is 7.49. The molecule has 0 fully saturated rings. The molecule has 20 heavy (non-hydrogen) atoms. The molecule has 0 saturated heterocycles. The average molecular weight is 305 g/mol. The van der Waals surface area contributed by atoms with Crippen molar-refractivity contribution in [1.29, 1.82) is 0 Å². The van der Waals surface area contributed by atoms with Crippen LogP contribution in [0, 0.1) is 0 Å². The average Bonchev–Trinajstić information content (AvgIpc) is 2.24. The third-order valence-corrected chi connectivity index (χ3v) is 3.57. The second kappa shape index (κ2) is 6.39. The van der Waals surface area contributed by atoms with Gasteiger partial charge in [0.1, 0.15) is 0 Å². The standard InChI is InChI=1S/C15H22F3NS/c1-10(2)20-12-7-6-11(9-19-14(3,4)5)13(8-12)15(16,17)18/h6-8,10,19H,9H2,1-5H3. The van der Waals surface area contributed by atoms with Gasteiger partial charge in [-0.15, -0.1) is 11.8 Å². The van der Waals surface area contributed by atoms with Crippen LogP contribution in [0.4, 0.5) is 13.2 Å². The smallest absolute Gasteiger partial charge is 0.308 e. The minimum Gasteiger partial charge on any atom is -0.308 e. The number of hydrogen-bond donors (Lipinski definition) is 1. The van der Waals surface area contributed by atoms with Gasteiger partial charge in [0.15, 0.2) is 0 Å². The Hall–Kier alpha value is -0.680. The molecule has 0 saturated carbocycles. The van der Waals surface area contributed by atoms with E-state index in [0.29, 0.717) is 10.5 Å². The van der Waals surface area contributed by atoms with Gasteiger partial charge in [0, 0.05) is 22.2 Å². The zero-order chi connectivity index (χ0) is 15.6. The fourth-order valence-corrected chi connectivity index (χ4v) is 2.56. The molecule has 0 spiro atoms. The highest BCUT2D eigenvalue weighted by Gasteiger charge is 2.33. The Labute approximate surface area is 123 Å². The van der Waals surface area contributed by atoms with Gasteiger partial charge >= 0.3 is 6.18 Å². The predicted molar refractivity (Wildman–Crippen MR) is 79.0 cm³/mol. The highest BCUT2D eigenvalue weighted by molar-refractivity contribution is 7.99. The van der Waals surface area contributed by atoms with E-state index in [2.05, 4.69) is 5.32 Å². The van der Waals surface area contributed by atoms with E-state index in [9.17, 15) is 13.2 Å². The number of halogens is 3. The summed E-state index contributed by atoms with van der Waals surface area (Å²) in [5.74, 6) is 0. The molecule has 1 aromatic carbocycles. The molecule has 0 unspecified atom stereocenters. The van der Waals surface area contributed by atoms with E-state index >= 15 is 0 Å². The van der Waals surface area contributed by atoms with Gasteiger partial charge in [-0.1, -0.05) is 19.9 Å². The molecule has 0 aliphatic rings. The van der Waals surface area contributed by atoms with Gasteiger partial charge in [0.2, 0.25) is 0 Å². The van der Waals surface area contributed by atoms with Crippen LogP contribution >= 0.6 is 11.8 Å². The topological polar surface area (TPSA) is 12.0 Å². The van der Waals surface area contributed by atoms with Crippen molar-refractivity contribution in [2.75, 3.05) is 0 Å². The second-order valence-corrected chi connectivity index (χ2v) is 7.74. The lowest BCUT2D eigenvalue weighted by Gasteiger charge is -2.22. The predicted octanol–water partition coefficient (Wildman–Crippen LogP) is 5.09. The zero-order valence-corrected chi connectivity index (χ0v) is 13.4. The molecule has 0 radical (unpaired) electrons. The molecule has 114 valence electrons. The molecular weight excluding hydrogens is 283 g/mol. The van der Waals surface area contributed by atoms with Gasteiger partial charge in [-0.2, -0.15) is 13.2 Å². The van der Waals surface area contributed by atoms with Crippen molar-refractivity contribution in [2.24, 2.45) is 0 Å². The first-order valence-electron chi connectivity index (χ1n) is 6.61. The number of nitrogens with one attached hydrogen (secondary N) is 1. The Balaban J connectivity index is 3.05. The lowest BCUT2D eigenvalue weighted by Crippen LogP contribution is -2.35. The van der Waals surface area contributed by atoms with Crippen molar-refractivity contribution in [2.45, 2.75) is 63.0 Å². The highest BCUT2D eigenvalue weighted by Crippen LogP contribution is 2.35. The summed E-state index contributed by atoms with van der Waals surface area (Å²) in [6.07, 6.45) is -4.32. The molecule has 1 nitrogen and oxygen atoms in total. The maximum atomic E-state index is 13.1. The van der Waals surface area contributed by atoms with Crippen LogP contribution in [0.5, 0.6) is 0 Å². The normalized spacial score (nSPS) is 13.1. The third-order valence-electron chi connectivity index (χ3n) is 2.57. The lowest BCUT2D eigenvalue weighted by molar-refractivity contribution is -0.138. The first-order chi connectivity index (χ1) is 8.99. The monoisotopic (exact) mass is 305 g/mol. The summed E-state index contributed by atoms with van der Waals surface area (Å²) in [7, 11) is 0. The second-order valence-electron chi connectivity index (χ2n) is 6.09. The summed E-state index contributed by atoms with van der Waals surface area (Å²) in [5, 5.41) is 3.36. The van der Waals surface area contributed by atoms with Crippen LogP contribution in [0.3, 0.4) is 0 Å². The lowest BCUT2D eigenvalue weighted by atomic mass is 10.0. The third kappa shape index (κ3) is 5.75. The summed E-state index contributed by atoms with van der Waals surface area (Å²) in [5.41, 5.74) is -0.464. The summed E-state index contributed by atoms with van der Waals surface area (Å²) in [6.45, 7) is 9.95. The van der Waals surface area contributed by atoms with Gasteiger partial charge < -0.3 is 5.32 Å². The quantitative estimate of drug-likeness (QED) is 0.777. The van der Waals surface area contributed by atoms with Crippen LogP contribution < -0.4 is 5.32 Å². The summed E-state index contributed by atoms with van der Waals surface area (Å²) in [4.78, 5) is 0.659. The molecule has 0 aliphatic heterocycles. The van der Waals surface area contributed by atoms with Crippen molar-refractivity contribution in [1.82, 2.24) is 5.32 Å². The summed E-state index contributed by atoms with van der Waals surface area (Å²) >= 11 is 1.44. The van der Waals surface area contributed by atoms with E-state index in [4.69, 9.17) is 0 Å². The Bertz CT molecular complexity index is 447. The van der Waals surface area contributed by atoms with E-state index in [0.717, 1.165) is 0 Å². The fraction of sp³-hybridized carbons (Fsp3) is 0.600. The maximum Gasteiger partial charge on any atom is 0.416 e. The van der Waals surface area contributed by atoms with E-state index in [-0.39, 0.29) is 17.3 Å². The maximum absolute atomic E-state index is 13.1. The van der Waals surface area contributed by atoms with E-state index in [1.165, 1.54) is 17.8 Å².